The molecule has 0 spiro atoms. The number of guanidine groups is 1. The van der Waals surface area contributed by atoms with Gasteiger partial charge in [-0.25, -0.2) is 0 Å². The highest BCUT2D eigenvalue weighted by Crippen LogP contribution is 2.35. The molecule has 3 rings (SSSR count). The first-order valence-electron chi connectivity index (χ1n) is 9.56. The highest BCUT2D eigenvalue weighted by molar-refractivity contribution is 6.30. The van der Waals surface area contributed by atoms with Crippen molar-refractivity contribution < 1.29 is 9.47 Å². The number of methoxy groups -OCH3 is 1. The van der Waals surface area contributed by atoms with Crippen molar-refractivity contribution in [2.24, 2.45) is 4.99 Å². The summed E-state index contributed by atoms with van der Waals surface area (Å²) in [6.07, 6.45) is 1.90. The maximum Gasteiger partial charge on any atom is 0.191 e. The van der Waals surface area contributed by atoms with Crippen molar-refractivity contribution in [1.29, 1.82) is 0 Å². The van der Waals surface area contributed by atoms with E-state index < -0.39 is 0 Å². The summed E-state index contributed by atoms with van der Waals surface area (Å²) in [6, 6.07) is 16.2. The third-order valence-electron chi connectivity index (χ3n) is 5.30. The maximum absolute atomic E-state index is 6.26. The topological polar surface area (TPSA) is 54.9 Å². The molecule has 1 aliphatic rings. The number of nitrogens with zero attached hydrogens (tertiary/aromatic N) is 1. The summed E-state index contributed by atoms with van der Waals surface area (Å²) < 4.78 is 10.9. The number of hydrogen-bond donors (Lipinski definition) is 2. The lowest BCUT2D eigenvalue weighted by Crippen LogP contribution is -2.47. The summed E-state index contributed by atoms with van der Waals surface area (Å²) in [4.78, 5) is 4.38. The van der Waals surface area contributed by atoms with Gasteiger partial charge in [0.15, 0.2) is 5.96 Å². The van der Waals surface area contributed by atoms with Gasteiger partial charge in [-0.05, 0) is 48.2 Å². The summed E-state index contributed by atoms with van der Waals surface area (Å²) in [5.74, 6) is 1.63. The molecule has 0 aromatic heterocycles. The maximum atomic E-state index is 6.26. The van der Waals surface area contributed by atoms with Crippen LogP contribution in [0.5, 0.6) is 5.75 Å². The Kier molecular flexibility index (Phi) is 7.18. The molecule has 2 aromatic rings. The lowest BCUT2D eigenvalue weighted by atomic mass is 9.74. The van der Waals surface area contributed by atoms with Crippen LogP contribution in [0, 0.1) is 0 Å². The standard InChI is InChI=1S/C22H28ClN3O2/c1-24-21(25-15-17-5-3-8-20(13-17)27-2)26-16-22(9-11-28-12-10-22)18-6-4-7-19(23)14-18/h3-8,13-14H,9-12,15-16H2,1-2H3,(H2,24,25,26). The Morgan fingerprint density at radius 2 is 1.93 bits per heavy atom. The van der Waals surface area contributed by atoms with E-state index in [2.05, 4.69) is 33.8 Å². The fourth-order valence-corrected chi connectivity index (χ4v) is 3.78. The first-order valence-corrected chi connectivity index (χ1v) is 9.94. The Morgan fingerprint density at radius 1 is 1.14 bits per heavy atom. The number of nitrogens with one attached hydrogen (secondary N) is 2. The van der Waals surface area contributed by atoms with Gasteiger partial charge in [0, 0.05) is 43.8 Å². The van der Waals surface area contributed by atoms with Crippen LogP contribution in [0.4, 0.5) is 0 Å². The van der Waals surface area contributed by atoms with E-state index in [4.69, 9.17) is 21.1 Å². The number of ether oxygens (including phenoxy) is 2. The monoisotopic (exact) mass is 401 g/mol. The van der Waals surface area contributed by atoms with Crippen molar-refractivity contribution in [2.75, 3.05) is 33.9 Å². The molecule has 0 aliphatic carbocycles. The van der Waals surface area contributed by atoms with Gasteiger partial charge in [0.1, 0.15) is 5.75 Å². The molecule has 1 fully saturated rings. The minimum Gasteiger partial charge on any atom is -0.497 e. The molecule has 150 valence electrons. The highest BCUT2D eigenvalue weighted by atomic mass is 35.5. The Hall–Kier alpha value is -2.24. The molecule has 0 unspecified atom stereocenters. The molecule has 28 heavy (non-hydrogen) atoms. The minimum absolute atomic E-state index is 0.0171. The van der Waals surface area contributed by atoms with Gasteiger partial charge in [-0.3, -0.25) is 4.99 Å². The Balaban J connectivity index is 1.66. The van der Waals surface area contributed by atoms with E-state index in [-0.39, 0.29) is 5.41 Å². The zero-order chi connectivity index (χ0) is 19.8. The van der Waals surface area contributed by atoms with E-state index in [1.54, 1.807) is 14.2 Å². The average Bonchev–Trinajstić information content (AvgIpc) is 2.74. The fraction of sp³-hybridized carbons (Fsp3) is 0.409. The quantitative estimate of drug-likeness (QED) is 0.571. The predicted octanol–water partition coefficient (Wildman–Crippen LogP) is 3.76. The molecule has 0 atom stereocenters. The summed E-state index contributed by atoms with van der Waals surface area (Å²) in [5, 5.41) is 7.66. The molecule has 1 saturated heterocycles. The summed E-state index contributed by atoms with van der Waals surface area (Å²) in [5.41, 5.74) is 2.37. The number of benzene rings is 2. The van der Waals surface area contributed by atoms with Gasteiger partial charge in [-0.1, -0.05) is 35.9 Å². The van der Waals surface area contributed by atoms with Crippen molar-refractivity contribution in [2.45, 2.75) is 24.8 Å². The number of aliphatic imine (C=N–C) groups is 1. The van der Waals surface area contributed by atoms with E-state index in [0.29, 0.717) is 6.54 Å². The smallest absolute Gasteiger partial charge is 0.191 e. The number of halogens is 1. The largest absolute Gasteiger partial charge is 0.497 e. The van der Waals surface area contributed by atoms with E-state index in [0.717, 1.165) is 54.9 Å². The van der Waals surface area contributed by atoms with Crippen molar-refractivity contribution in [3.63, 3.8) is 0 Å². The van der Waals surface area contributed by atoms with E-state index in [9.17, 15) is 0 Å². The van der Waals surface area contributed by atoms with Crippen LogP contribution in [0.15, 0.2) is 53.5 Å². The third kappa shape index (κ3) is 5.18. The molecule has 1 heterocycles. The molecule has 0 radical (unpaired) electrons. The first kappa shape index (κ1) is 20.5. The molecule has 1 aliphatic heterocycles. The van der Waals surface area contributed by atoms with E-state index >= 15 is 0 Å². The fourth-order valence-electron chi connectivity index (χ4n) is 3.59. The van der Waals surface area contributed by atoms with Crippen LogP contribution in [-0.2, 0) is 16.7 Å². The molecule has 2 aromatic carbocycles. The Morgan fingerprint density at radius 3 is 2.64 bits per heavy atom. The van der Waals surface area contributed by atoms with Crippen molar-refractivity contribution in [3.8, 4) is 5.75 Å². The highest BCUT2D eigenvalue weighted by Gasteiger charge is 2.34. The van der Waals surface area contributed by atoms with Crippen LogP contribution in [0.25, 0.3) is 0 Å². The van der Waals surface area contributed by atoms with Crippen molar-refractivity contribution in [3.05, 3.63) is 64.7 Å². The second kappa shape index (κ2) is 9.80. The molecule has 0 saturated carbocycles. The van der Waals surface area contributed by atoms with Crippen molar-refractivity contribution in [1.82, 2.24) is 10.6 Å². The van der Waals surface area contributed by atoms with Crippen molar-refractivity contribution >= 4 is 17.6 Å². The zero-order valence-electron chi connectivity index (χ0n) is 16.5. The summed E-state index contributed by atoms with van der Waals surface area (Å²) in [6.45, 7) is 2.95. The molecular weight excluding hydrogens is 374 g/mol. The van der Waals surface area contributed by atoms with Gasteiger partial charge in [0.2, 0.25) is 0 Å². The lowest BCUT2D eigenvalue weighted by molar-refractivity contribution is 0.0514. The number of hydrogen-bond acceptors (Lipinski definition) is 3. The third-order valence-corrected chi connectivity index (χ3v) is 5.53. The zero-order valence-corrected chi connectivity index (χ0v) is 17.3. The molecule has 0 bridgehead atoms. The van der Waals surface area contributed by atoms with Gasteiger partial charge in [-0.2, -0.15) is 0 Å². The molecule has 6 heteroatoms. The first-order chi connectivity index (χ1) is 13.6. The second-order valence-corrected chi connectivity index (χ2v) is 7.47. The molecule has 2 N–H and O–H groups in total. The van der Waals surface area contributed by atoms with Gasteiger partial charge in [0.05, 0.1) is 7.11 Å². The van der Waals surface area contributed by atoms with Crippen LogP contribution in [-0.4, -0.2) is 39.9 Å². The van der Waals surface area contributed by atoms with Gasteiger partial charge in [0.25, 0.3) is 0 Å². The SMILES string of the molecule is CN=C(NCc1cccc(OC)c1)NCC1(c2cccc(Cl)c2)CCOCC1. The Labute approximate surface area is 172 Å². The van der Waals surface area contributed by atoms with E-state index in [1.165, 1.54) is 5.56 Å². The normalized spacial score (nSPS) is 16.5. The van der Waals surface area contributed by atoms with Crippen LogP contribution in [0.2, 0.25) is 5.02 Å². The minimum atomic E-state index is -0.0171. The van der Waals surface area contributed by atoms with Crippen LogP contribution in [0.1, 0.15) is 24.0 Å². The van der Waals surface area contributed by atoms with E-state index in [1.807, 2.05) is 30.3 Å². The summed E-state index contributed by atoms with van der Waals surface area (Å²) >= 11 is 6.26. The molecule has 0 amide bonds. The summed E-state index contributed by atoms with van der Waals surface area (Å²) in [7, 11) is 3.47. The van der Waals surface area contributed by atoms with Crippen LogP contribution >= 0.6 is 11.6 Å². The van der Waals surface area contributed by atoms with Gasteiger partial charge >= 0.3 is 0 Å². The Bertz CT molecular complexity index is 804. The van der Waals surface area contributed by atoms with Gasteiger partial charge < -0.3 is 20.1 Å². The lowest BCUT2D eigenvalue weighted by Gasteiger charge is -2.38. The number of rotatable bonds is 6. The molecule has 5 nitrogen and oxygen atoms in total. The predicted molar refractivity (Wildman–Crippen MR) is 114 cm³/mol. The second-order valence-electron chi connectivity index (χ2n) is 7.03. The van der Waals surface area contributed by atoms with Gasteiger partial charge in [-0.15, -0.1) is 0 Å². The van der Waals surface area contributed by atoms with Crippen LogP contribution in [0.3, 0.4) is 0 Å². The van der Waals surface area contributed by atoms with Crippen LogP contribution < -0.4 is 15.4 Å². The molecular formula is C22H28ClN3O2. The average molecular weight is 402 g/mol.